The van der Waals surface area contributed by atoms with Crippen molar-refractivity contribution in [1.29, 1.82) is 0 Å². The van der Waals surface area contributed by atoms with E-state index in [9.17, 15) is 8.42 Å². The maximum Gasteiger partial charge on any atom is 0.150 e. The van der Waals surface area contributed by atoms with E-state index in [1.54, 1.807) is 7.11 Å². The van der Waals surface area contributed by atoms with Gasteiger partial charge >= 0.3 is 0 Å². The standard InChI is InChI=1S/C14H29NO3S/c1-4-10-19(16,17)11-7-14(2,13-5-6-13)12-15-8-9-18-3/h13,15H,4-12H2,1-3H3. The maximum absolute atomic E-state index is 11.9. The number of hydrogen-bond donors (Lipinski definition) is 1. The van der Waals surface area contributed by atoms with Gasteiger partial charge in [0.15, 0.2) is 0 Å². The van der Waals surface area contributed by atoms with Gasteiger partial charge < -0.3 is 10.1 Å². The van der Waals surface area contributed by atoms with Crippen molar-refractivity contribution in [3.63, 3.8) is 0 Å². The molecule has 0 bridgehead atoms. The first-order valence-corrected chi connectivity index (χ1v) is 9.16. The maximum atomic E-state index is 11.9. The summed E-state index contributed by atoms with van der Waals surface area (Å²) >= 11 is 0. The van der Waals surface area contributed by atoms with Crippen LogP contribution in [0.5, 0.6) is 0 Å². The fourth-order valence-corrected chi connectivity index (χ4v) is 4.17. The van der Waals surface area contributed by atoms with Crippen LogP contribution >= 0.6 is 0 Å². The lowest BCUT2D eigenvalue weighted by Gasteiger charge is -2.30. The highest BCUT2D eigenvalue weighted by atomic mass is 32.2. The molecule has 1 fully saturated rings. The number of methoxy groups -OCH3 is 1. The van der Waals surface area contributed by atoms with Crippen molar-refractivity contribution in [2.24, 2.45) is 11.3 Å². The molecule has 0 aromatic rings. The molecule has 0 aromatic heterocycles. The molecular weight excluding hydrogens is 262 g/mol. The second kappa shape index (κ2) is 7.60. The Morgan fingerprint density at radius 3 is 2.53 bits per heavy atom. The van der Waals surface area contributed by atoms with E-state index in [1.807, 2.05) is 6.92 Å². The summed E-state index contributed by atoms with van der Waals surface area (Å²) in [5.41, 5.74) is 0.120. The molecule has 1 aliphatic carbocycles. The van der Waals surface area contributed by atoms with Crippen molar-refractivity contribution < 1.29 is 13.2 Å². The molecule has 0 heterocycles. The average molecular weight is 291 g/mol. The molecule has 1 N–H and O–H groups in total. The largest absolute Gasteiger partial charge is 0.383 e. The van der Waals surface area contributed by atoms with Gasteiger partial charge in [-0.15, -0.1) is 0 Å². The van der Waals surface area contributed by atoms with Gasteiger partial charge in [-0.1, -0.05) is 13.8 Å². The molecule has 0 radical (unpaired) electrons. The zero-order valence-electron chi connectivity index (χ0n) is 12.6. The summed E-state index contributed by atoms with van der Waals surface area (Å²) in [4.78, 5) is 0. The van der Waals surface area contributed by atoms with Crippen molar-refractivity contribution in [1.82, 2.24) is 5.32 Å². The topological polar surface area (TPSA) is 55.4 Å². The van der Waals surface area contributed by atoms with E-state index >= 15 is 0 Å². The Kier molecular flexibility index (Phi) is 6.77. The van der Waals surface area contributed by atoms with Crippen LogP contribution in [0.15, 0.2) is 0 Å². The van der Waals surface area contributed by atoms with Crippen LogP contribution in [0.2, 0.25) is 0 Å². The molecule has 0 amide bonds. The molecule has 0 saturated heterocycles. The van der Waals surface area contributed by atoms with E-state index in [2.05, 4.69) is 12.2 Å². The molecule has 1 atom stereocenters. The number of rotatable bonds is 11. The average Bonchev–Trinajstić information content (AvgIpc) is 3.17. The summed E-state index contributed by atoms with van der Waals surface area (Å²) in [6.45, 7) is 6.58. The van der Waals surface area contributed by atoms with E-state index in [0.717, 1.165) is 19.5 Å². The minimum Gasteiger partial charge on any atom is -0.383 e. The zero-order valence-corrected chi connectivity index (χ0v) is 13.4. The van der Waals surface area contributed by atoms with E-state index in [0.29, 0.717) is 30.5 Å². The van der Waals surface area contributed by atoms with Crippen LogP contribution in [0.4, 0.5) is 0 Å². The highest BCUT2D eigenvalue weighted by molar-refractivity contribution is 7.91. The fourth-order valence-electron chi connectivity index (χ4n) is 2.57. The van der Waals surface area contributed by atoms with E-state index in [1.165, 1.54) is 12.8 Å². The SMILES string of the molecule is CCCS(=O)(=O)CCC(C)(CNCCOC)C1CC1. The summed E-state index contributed by atoms with van der Waals surface area (Å²) in [7, 11) is -1.16. The van der Waals surface area contributed by atoms with Gasteiger partial charge in [0.05, 0.1) is 12.4 Å². The Labute approximate surface area is 118 Å². The quantitative estimate of drug-likeness (QED) is 0.590. The van der Waals surface area contributed by atoms with Gasteiger partial charge in [0, 0.05) is 26.0 Å². The minimum atomic E-state index is -2.86. The van der Waals surface area contributed by atoms with Crippen LogP contribution < -0.4 is 5.32 Å². The Bertz CT molecular complexity index is 352. The fraction of sp³-hybridized carbons (Fsp3) is 1.00. The van der Waals surface area contributed by atoms with Gasteiger partial charge in [-0.3, -0.25) is 0 Å². The molecule has 1 aliphatic rings. The van der Waals surface area contributed by atoms with Gasteiger partial charge in [-0.05, 0) is 37.0 Å². The molecule has 1 saturated carbocycles. The predicted octanol–water partition coefficient (Wildman–Crippen LogP) is 1.85. The monoisotopic (exact) mass is 291 g/mol. The Morgan fingerprint density at radius 2 is 2.00 bits per heavy atom. The van der Waals surface area contributed by atoms with Crippen LogP contribution in [-0.4, -0.2) is 46.7 Å². The number of nitrogens with one attached hydrogen (secondary N) is 1. The molecule has 1 rings (SSSR count). The Balaban J connectivity index is 2.43. The number of ether oxygens (including phenoxy) is 1. The summed E-state index contributed by atoms with van der Waals surface area (Å²) in [6, 6.07) is 0. The van der Waals surface area contributed by atoms with Crippen LogP contribution in [-0.2, 0) is 14.6 Å². The molecule has 1 unspecified atom stereocenters. The highest BCUT2D eigenvalue weighted by Gasteiger charge is 2.41. The van der Waals surface area contributed by atoms with Gasteiger partial charge in [-0.2, -0.15) is 0 Å². The third-order valence-electron chi connectivity index (χ3n) is 4.07. The van der Waals surface area contributed by atoms with E-state index in [-0.39, 0.29) is 5.41 Å². The summed E-state index contributed by atoms with van der Waals surface area (Å²) < 4.78 is 28.7. The molecule has 19 heavy (non-hydrogen) atoms. The van der Waals surface area contributed by atoms with Crippen molar-refractivity contribution in [2.45, 2.75) is 39.5 Å². The third-order valence-corrected chi connectivity index (χ3v) is 5.93. The number of sulfone groups is 1. The summed E-state index contributed by atoms with van der Waals surface area (Å²) in [6.07, 6.45) is 3.99. The lowest BCUT2D eigenvalue weighted by Crippen LogP contribution is -2.37. The highest BCUT2D eigenvalue weighted by Crippen LogP contribution is 2.47. The number of hydrogen-bond acceptors (Lipinski definition) is 4. The van der Waals surface area contributed by atoms with Gasteiger partial charge in [0.2, 0.25) is 0 Å². The second-order valence-electron chi connectivity index (χ2n) is 6.00. The molecule has 4 nitrogen and oxygen atoms in total. The van der Waals surface area contributed by atoms with Gasteiger partial charge in [-0.25, -0.2) is 8.42 Å². The molecule has 114 valence electrons. The van der Waals surface area contributed by atoms with Crippen molar-refractivity contribution >= 4 is 9.84 Å². The van der Waals surface area contributed by atoms with Gasteiger partial charge in [0.25, 0.3) is 0 Å². The zero-order chi connectivity index (χ0) is 14.4. The van der Waals surface area contributed by atoms with Crippen molar-refractivity contribution in [3.05, 3.63) is 0 Å². The van der Waals surface area contributed by atoms with Crippen LogP contribution in [0, 0.1) is 11.3 Å². The Hall–Kier alpha value is -0.130. The molecule has 0 aliphatic heterocycles. The van der Waals surface area contributed by atoms with E-state index < -0.39 is 9.84 Å². The molecule has 0 spiro atoms. The Morgan fingerprint density at radius 1 is 1.32 bits per heavy atom. The lowest BCUT2D eigenvalue weighted by atomic mass is 9.82. The van der Waals surface area contributed by atoms with Gasteiger partial charge in [0.1, 0.15) is 9.84 Å². The van der Waals surface area contributed by atoms with E-state index in [4.69, 9.17) is 4.74 Å². The predicted molar refractivity (Wildman–Crippen MR) is 79.1 cm³/mol. The summed E-state index contributed by atoms with van der Waals surface area (Å²) in [5, 5.41) is 3.40. The smallest absolute Gasteiger partial charge is 0.150 e. The first kappa shape index (κ1) is 16.9. The summed E-state index contributed by atoms with van der Waals surface area (Å²) in [5.74, 6) is 1.35. The van der Waals surface area contributed by atoms with Crippen LogP contribution in [0.1, 0.15) is 39.5 Å². The normalized spacial score (nSPS) is 19.3. The second-order valence-corrected chi connectivity index (χ2v) is 8.30. The third kappa shape index (κ3) is 6.23. The molecule has 5 heteroatoms. The minimum absolute atomic E-state index is 0.120. The first-order chi connectivity index (χ1) is 8.93. The van der Waals surface area contributed by atoms with Crippen molar-refractivity contribution in [3.8, 4) is 0 Å². The molecular formula is C14H29NO3S. The molecule has 0 aromatic carbocycles. The first-order valence-electron chi connectivity index (χ1n) is 7.33. The van der Waals surface area contributed by atoms with Crippen molar-refractivity contribution in [2.75, 3.05) is 38.3 Å². The van der Waals surface area contributed by atoms with Crippen LogP contribution in [0.3, 0.4) is 0 Å². The lowest BCUT2D eigenvalue weighted by molar-refractivity contribution is 0.186. The van der Waals surface area contributed by atoms with Crippen LogP contribution in [0.25, 0.3) is 0 Å².